The molecule has 1 aromatic carbocycles. The molecule has 0 bridgehead atoms. The molecule has 0 aliphatic carbocycles. The van der Waals surface area contributed by atoms with Crippen LogP contribution in [0.3, 0.4) is 0 Å². The number of rotatable bonds is 10. The third kappa shape index (κ3) is 5.87. The number of carbonyl (C=O) groups excluding carboxylic acids is 3. The van der Waals surface area contributed by atoms with Crippen LogP contribution in [-0.2, 0) is 23.9 Å². The summed E-state index contributed by atoms with van der Waals surface area (Å²) in [7, 11) is 1.22. The van der Waals surface area contributed by atoms with Gasteiger partial charge in [0.15, 0.2) is 11.3 Å². The Kier molecular flexibility index (Phi) is 7.44. The van der Waals surface area contributed by atoms with Crippen molar-refractivity contribution in [3.63, 3.8) is 0 Å². The lowest BCUT2D eigenvalue weighted by Crippen LogP contribution is -2.64. The van der Waals surface area contributed by atoms with Gasteiger partial charge in [-0.1, -0.05) is 37.3 Å². The number of hydrogen-bond acceptors (Lipinski definition) is 8. The molecule has 6 N–H and O–H groups in total. The fourth-order valence-corrected chi connectivity index (χ4v) is 2.52. The van der Waals surface area contributed by atoms with Gasteiger partial charge in [-0.15, -0.1) is 0 Å². The number of carbonyl (C=O) groups is 4. The topological polar surface area (TPSA) is 162 Å². The molecule has 0 saturated heterocycles. The predicted octanol–water partition coefficient (Wildman–Crippen LogP) is -0.114. The number of esters is 1. The first-order chi connectivity index (χ1) is 13.2. The van der Waals surface area contributed by atoms with Crippen LogP contribution in [0.4, 0.5) is 0 Å². The van der Waals surface area contributed by atoms with Crippen LogP contribution in [-0.4, -0.2) is 47.4 Å². The van der Waals surface area contributed by atoms with E-state index in [-0.39, 0.29) is 12.8 Å². The Labute approximate surface area is 158 Å². The van der Waals surface area contributed by atoms with Gasteiger partial charge in [0.2, 0.25) is 5.91 Å². The van der Waals surface area contributed by atoms with Gasteiger partial charge in [-0.25, -0.2) is 0 Å². The number of nitrogens with two attached hydrogens (primary N) is 2. The Balaban J connectivity index is 3.06. The van der Waals surface area contributed by atoms with Crippen LogP contribution in [0.5, 0.6) is 0 Å². The summed E-state index contributed by atoms with van der Waals surface area (Å²) in [6.45, 7) is 1.52. The molecule has 1 rings (SSSR count). The van der Waals surface area contributed by atoms with Crippen molar-refractivity contribution < 1.29 is 29.0 Å². The molecule has 0 fully saturated rings. The maximum atomic E-state index is 12.8. The average Bonchev–Trinajstić information content (AvgIpc) is 2.72. The van der Waals surface area contributed by atoms with Crippen molar-refractivity contribution in [1.82, 2.24) is 5.32 Å². The molecule has 1 aromatic rings. The zero-order chi connectivity index (χ0) is 21.3. The minimum absolute atomic E-state index is 0.0962. The molecule has 9 heteroatoms. The van der Waals surface area contributed by atoms with Crippen molar-refractivity contribution in [1.29, 1.82) is 1.43 Å². The molecule has 0 radical (unpaired) electrons. The third-order valence-corrected chi connectivity index (χ3v) is 4.23. The lowest BCUT2D eigenvalue weighted by atomic mass is 9.85. The monoisotopic (exact) mass is 380 g/mol. The first-order valence-electron chi connectivity index (χ1n) is 8.77. The minimum Gasteiger partial charge on any atom is -0.481 e. The first-order valence-corrected chi connectivity index (χ1v) is 8.37. The lowest BCUT2D eigenvalue weighted by molar-refractivity contribution is -0.143. The van der Waals surface area contributed by atoms with E-state index in [9.17, 15) is 19.2 Å². The van der Waals surface area contributed by atoms with Gasteiger partial charge >= 0.3 is 11.9 Å². The molecular formula is C18H25N3O6. The fourth-order valence-electron chi connectivity index (χ4n) is 2.52. The highest BCUT2D eigenvalue weighted by molar-refractivity contribution is 6.13. The Morgan fingerprint density at radius 2 is 1.89 bits per heavy atom. The molecule has 0 spiro atoms. The van der Waals surface area contributed by atoms with Crippen LogP contribution < -0.4 is 16.8 Å². The summed E-state index contributed by atoms with van der Waals surface area (Å²) in [4.78, 5) is 48.4. The number of ether oxygens (including phenoxy) is 1. The van der Waals surface area contributed by atoms with Crippen LogP contribution in [0.15, 0.2) is 30.3 Å². The van der Waals surface area contributed by atoms with Gasteiger partial charge in [0, 0.05) is 0 Å². The summed E-state index contributed by atoms with van der Waals surface area (Å²) in [5.74, 6) is -3.29. The number of amides is 1. The standard InChI is InChI=1S/C18H25N3O6/c1-3-18(20,16(25)12(19)9-14(22)23)17(26)21-13(10-15(24)27-2)11-7-5-4-6-8-11/h4-8,12-13H,3,9-10,19-20H2,1-2H3,(H,21,26)(H,22,23)/t12-,13?,18?/m0/s1/i/hD. The zero-order valence-electron chi connectivity index (χ0n) is 16.3. The summed E-state index contributed by atoms with van der Waals surface area (Å²) >= 11 is 0. The molecule has 3 atom stereocenters. The van der Waals surface area contributed by atoms with Crippen LogP contribution in [0.2, 0.25) is 0 Å². The summed E-state index contributed by atoms with van der Waals surface area (Å²) in [6.07, 6.45) is -0.850. The van der Waals surface area contributed by atoms with Crippen molar-refractivity contribution in [3.8, 4) is 0 Å². The SMILES string of the molecule is [2H]OC(=O)C[C@H](N)C(=O)C(N)(CC)C(=O)NC(CC(=O)OC)c1ccccc1. The van der Waals surface area contributed by atoms with Gasteiger partial charge in [0.05, 0.1) is 32.0 Å². The van der Waals surface area contributed by atoms with E-state index in [4.69, 9.17) is 12.9 Å². The number of benzene rings is 1. The van der Waals surface area contributed by atoms with E-state index < -0.39 is 47.7 Å². The predicted molar refractivity (Wildman–Crippen MR) is 96.4 cm³/mol. The van der Waals surface area contributed by atoms with Crippen molar-refractivity contribution in [2.45, 2.75) is 43.8 Å². The smallest absolute Gasteiger partial charge is 0.307 e. The zero-order valence-corrected chi connectivity index (χ0v) is 15.3. The van der Waals surface area contributed by atoms with E-state index in [1.54, 1.807) is 30.3 Å². The van der Waals surface area contributed by atoms with Gasteiger partial charge in [-0.2, -0.15) is 0 Å². The summed E-state index contributed by atoms with van der Waals surface area (Å²) in [5.41, 5.74) is 10.3. The Bertz CT molecular complexity index is 715. The second kappa shape index (κ2) is 9.79. The number of nitrogens with one attached hydrogen (secondary N) is 1. The lowest BCUT2D eigenvalue weighted by Gasteiger charge is -2.30. The second-order valence-corrected chi connectivity index (χ2v) is 6.09. The number of methoxy groups -OCH3 is 1. The van der Waals surface area contributed by atoms with Crippen molar-refractivity contribution in [2.75, 3.05) is 7.11 Å². The minimum atomic E-state index is -2.02. The number of carboxylic acid groups (broad SMARTS) is 1. The highest BCUT2D eigenvalue weighted by Crippen LogP contribution is 2.20. The Morgan fingerprint density at radius 1 is 1.26 bits per heavy atom. The van der Waals surface area contributed by atoms with Crippen LogP contribution in [0.25, 0.3) is 1.43 Å². The summed E-state index contributed by atoms with van der Waals surface area (Å²) < 4.78 is 11.2. The van der Waals surface area contributed by atoms with Crippen LogP contribution >= 0.6 is 0 Å². The van der Waals surface area contributed by atoms with Gasteiger partial charge < -0.3 is 26.6 Å². The quantitative estimate of drug-likeness (QED) is 0.323. The largest absolute Gasteiger partial charge is 0.481 e. The molecule has 0 aliphatic rings. The average molecular weight is 380 g/mol. The molecule has 27 heavy (non-hydrogen) atoms. The second-order valence-electron chi connectivity index (χ2n) is 6.09. The Morgan fingerprint density at radius 3 is 2.41 bits per heavy atom. The van der Waals surface area contributed by atoms with Crippen molar-refractivity contribution >= 4 is 23.6 Å². The van der Waals surface area contributed by atoms with E-state index >= 15 is 0 Å². The molecule has 2 unspecified atom stereocenters. The summed E-state index contributed by atoms with van der Waals surface area (Å²) in [6, 6.07) is 6.45. The van der Waals surface area contributed by atoms with Crippen LogP contribution in [0, 0.1) is 0 Å². The Hall–Kier alpha value is -2.78. The van der Waals surface area contributed by atoms with E-state index in [1.807, 2.05) is 0 Å². The van der Waals surface area contributed by atoms with E-state index in [0.29, 0.717) is 5.56 Å². The first kappa shape index (κ1) is 20.5. The molecule has 0 aliphatic heterocycles. The van der Waals surface area contributed by atoms with E-state index in [0.717, 1.165) is 0 Å². The number of aliphatic carboxylic acids is 1. The fraction of sp³-hybridized carbons (Fsp3) is 0.444. The summed E-state index contributed by atoms with van der Waals surface area (Å²) in [5, 5.41) is 6.34. The van der Waals surface area contributed by atoms with Gasteiger partial charge in [0.25, 0.3) is 1.43 Å². The molecular weight excluding hydrogens is 354 g/mol. The number of Topliss-reactive ketones (excluding diaryl/α,β-unsaturated/α-hetero) is 1. The maximum absolute atomic E-state index is 12.8. The van der Waals surface area contributed by atoms with E-state index in [2.05, 4.69) is 15.2 Å². The van der Waals surface area contributed by atoms with Crippen LogP contribution in [0.1, 0.15) is 37.8 Å². The third-order valence-electron chi connectivity index (χ3n) is 4.23. The van der Waals surface area contributed by atoms with Gasteiger partial charge in [0.1, 0.15) is 0 Å². The van der Waals surface area contributed by atoms with Gasteiger partial charge in [-0.05, 0) is 12.0 Å². The molecule has 0 saturated carbocycles. The van der Waals surface area contributed by atoms with Gasteiger partial charge in [-0.3, -0.25) is 19.2 Å². The molecule has 148 valence electrons. The number of ketones is 1. The molecule has 9 nitrogen and oxygen atoms in total. The molecule has 0 aromatic heterocycles. The molecule has 1 amide bonds. The van der Waals surface area contributed by atoms with Crippen molar-refractivity contribution in [2.24, 2.45) is 11.5 Å². The molecule has 0 heterocycles. The highest BCUT2D eigenvalue weighted by Gasteiger charge is 2.44. The normalized spacial score (nSPS) is 15.5. The number of carboxylic acids is 1. The van der Waals surface area contributed by atoms with E-state index in [1.165, 1.54) is 14.0 Å². The maximum Gasteiger partial charge on any atom is 0.307 e. The number of hydrogen-bond donors (Lipinski definition) is 4. The van der Waals surface area contributed by atoms with Crippen molar-refractivity contribution in [3.05, 3.63) is 35.9 Å². The highest BCUT2D eigenvalue weighted by atomic mass is 16.5.